The molecule has 6 nitrogen and oxygen atoms in total. The number of alkyl halides is 2. The second kappa shape index (κ2) is 6.25. The fourth-order valence-corrected chi connectivity index (χ4v) is 4.13. The zero-order chi connectivity index (χ0) is 17.6. The Bertz CT molecular complexity index is 780. The lowest BCUT2D eigenvalue weighted by atomic mass is 9.98. The van der Waals surface area contributed by atoms with E-state index < -0.39 is 6.61 Å². The average molecular weight is 350 g/mol. The summed E-state index contributed by atoms with van der Waals surface area (Å²) < 4.78 is 29.2. The Morgan fingerprint density at radius 3 is 2.76 bits per heavy atom. The van der Waals surface area contributed by atoms with Gasteiger partial charge in [0.05, 0.1) is 5.52 Å². The number of amides is 1. The predicted octanol–water partition coefficient (Wildman–Crippen LogP) is 2.52. The molecule has 2 aliphatic heterocycles. The Balaban J connectivity index is 1.52. The van der Waals surface area contributed by atoms with Crippen LogP contribution in [0.3, 0.4) is 0 Å². The van der Waals surface area contributed by atoms with Crippen molar-refractivity contribution in [3.63, 3.8) is 0 Å². The van der Waals surface area contributed by atoms with Crippen LogP contribution in [0, 0.1) is 0 Å². The lowest BCUT2D eigenvalue weighted by molar-refractivity contribution is -0.0497. The molecule has 2 fully saturated rings. The van der Waals surface area contributed by atoms with Crippen LogP contribution in [0.1, 0.15) is 36.2 Å². The first-order valence-electron chi connectivity index (χ1n) is 8.47. The number of nitrogens with zero attached hydrogens (tertiary/aromatic N) is 2. The summed E-state index contributed by atoms with van der Waals surface area (Å²) in [6.07, 6.45) is 4.21. The fourth-order valence-electron chi connectivity index (χ4n) is 4.13. The normalized spacial score (nSPS) is 26.3. The standard InChI is InChI=1S/C17H20F2N4O2/c1-23-10-2-3-11(23)7-9(6-10)20-16(24)15-13-8-12(25-17(18)19)4-5-14(13)21-22-15/h4-5,8-11,17H,2-3,6-7H2,1H3,(H,20,24)(H,21,22). The van der Waals surface area contributed by atoms with Crippen molar-refractivity contribution in [1.29, 1.82) is 0 Å². The highest BCUT2D eigenvalue weighted by Gasteiger charge is 2.39. The first-order chi connectivity index (χ1) is 12.0. The van der Waals surface area contributed by atoms with Crippen LogP contribution in [0.15, 0.2) is 18.2 Å². The molecule has 1 aromatic heterocycles. The number of hydrogen-bond donors (Lipinski definition) is 2. The number of aromatic nitrogens is 2. The van der Waals surface area contributed by atoms with Gasteiger partial charge in [0.2, 0.25) is 0 Å². The number of fused-ring (bicyclic) bond motifs is 3. The second-order valence-electron chi connectivity index (χ2n) is 6.85. The third kappa shape index (κ3) is 3.06. The van der Waals surface area contributed by atoms with Crippen molar-refractivity contribution >= 4 is 16.8 Å². The highest BCUT2D eigenvalue weighted by atomic mass is 19.3. The molecule has 0 spiro atoms. The van der Waals surface area contributed by atoms with E-state index in [1.807, 2.05) is 0 Å². The summed E-state index contributed by atoms with van der Waals surface area (Å²) in [4.78, 5) is 15.0. The van der Waals surface area contributed by atoms with Gasteiger partial charge in [0.25, 0.3) is 5.91 Å². The van der Waals surface area contributed by atoms with E-state index >= 15 is 0 Å². The van der Waals surface area contributed by atoms with Gasteiger partial charge >= 0.3 is 6.61 Å². The molecule has 0 radical (unpaired) electrons. The van der Waals surface area contributed by atoms with Crippen molar-refractivity contribution in [2.24, 2.45) is 0 Å². The van der Waals surface area contributed by atoms with Gasteiger partial charge in [-0.05, 0) is 50.9 Å². The summed E-state index contributed by atoms with van der Waals surface area (Å²) in [5, 5.41) is 10.4. The lowest BCUT2D eigenvalue weighted by Gasteiger charge is -2.36. The molecule has 0 aliphatic carbocycles. The maximum absolute atomic E-state index is 12.6. The van der Waals surface area contributed by atoms with Gasteiger partial charge in [-0.1, -0.05) is 0 Å². The van der Waals surface area contributed by atoms with Crippen LogP contribution in [-0.4, -0.2) is 52.8 Å². The van der Waals surface area contributed by atoms with Crippen LogP contribution in [0.2, 0.25) is 0 Å². The van der Waals surface area contributed by atoms with E-state index in [4.69, 9.17) is 0 Å². The Labute approximate surface area is 143 Å². The number of H-pyrrole nitrogens is 1. The minimum atomic E-state index is -2.91. The van der Waals surface area contributed by atoms with E-state index in [0.717, 1.165) is 12.8 Å². The van der Waals surface area contributed by atoms with Gasteiger partial charge in [-0.25, -0.2) is 0 Å². The summed E-state index contributed by atoms with van der Waals surface area (Å²) in [6.45, 7) is -2.91. The SMILES string of the molecule is CN1C2CCC1CC(NC(=O)c1n[nH]c3ccc(OC(F)F)cc13)C2. The number of piperidine rings is 1. The minimum absolute atomic E-state index is 0.00952. The molecule has 2 saturated heterocycles. The predicted molar refractivity (Wildman–Crippen MR) is 87.8 cm³/mol. The first kappa shape index (κ1) is 16.3. The molecule has 2 N–H and O–H groups in total. The number of halogens is 2. The van der Waals surface area contributed by atoms with E-state index in [2.05, 4.69) is 32.2 Å². The van der Waals surface area contributed by atoms with Gasteiger partial charge in [0.15, 0.2) is 5.69 Å². The summed E-state index contributed by atoms with van der Waals surface area (Å²) in [7, 11) is 2.14. The molecular formula is C17H20F2N4O2. The van der Waals surface area contributed by atoms with Gasteiger partial charge < -0.3 is 15.0 Å². The number of ether oxygens (including phenoxy) is 1. The second-order valence-corrected chi connectivity index (χ2v) is 6.85. The van der Waals surface area contributed by atoms with Gasteiger partial charge in [-0.3, -0.25) is 9.89 Å². The third-order valence-electron chi connectivity index (χ3n) is 5.41. The van der Waals surface area contributed by atoms with Crippen molar-refractivity contribution in [3.8, 4) is 5.75 Å². The number of carbonyl (C=O) groups excluding carboxylic acids is 1. The van der Waals surface area contributed by atoms with Crippen molar-refractivity contribution < 1.29 is 18.3 Å². The Kier molecular flexibility index (Phi) is 4.07. The topological polar surface area (TPSA) is 70.2 Å². The molecule has 1 amide bonds. The number of nitrogens with one attached hydrogen (secondary N) is 2. The molecule has 2 unspecified atom stereocenters. The zero-order valence-corrected chi connectivity index (χ0v) is 13.8. The van der Waals surface area contributed by atoms with E-state index in [1.165, 1.54) is 25.0 Å². The molecule has 2 atom stereocenters. The maximum Gasteiger partial charge on any atom is 0.387 e. The van der Waals surface area contributed by atoms with E-state index in [0.29, 0.717) is 23.0 Å². The highest BCUT2D eigenvalue weighted by Crippen LogP contribution is 2.34. The first-order valence-corrected chi connectivity index (χ1v) is 8.47. The summed E-state index contributed by atoms with van der Waals surface area (Å²) in [5.41, 5.74) is 0.816. The van der Waals surface area contributed by atoms with Gasteiger partial charge in [0, 0.05) is 23.5 Å². The maximum atomic E-state index is 12.6. The molecular weight excluding hydrogens is 330 g/mol. The van der Waals surface area contributed by atoms with Gasteiger partial charge in [0.1, 0.15) is 5.75 Å². The molecule has 0 saturated carbocycles. The Morgan fingerprint density at radius 2 is 2.08 bits per heavy atom. The van der Waals surface area contributed by atoms with E-state index in [1.54, 1.807) is 6.07 Å². The fraction of sp³-hybridized carbons (Fsp3) is 0.529. The quantitative estimate of drug-likeness (QED) is 0.889. The van der Waals surface area contributed by atoms with Gasteiger partial charge in [-0.2, -0.15) is 13.9 Å². The molecule has 1 aromatic carbocycles. The lowest BCUT2D eigenvalue weighted by Crippen LogP contribution is -2.48. The Morgan fingerprint density at radius 1 is 1.36 bits per heavy atom. The van der Waals surface area contributed by atoms with Crippen LogP contribution in [0.25, 0.3) is 10.9 Å². The molecule has 25 heavy (non-hydrogen) atoms. The zero-order valence-electron chi connectivity index (χ0n) is 13.8. The molecule has 4 rings (SSSR count). The van der Waals surface area contributed by atoms with Crippen LogP contribution >= 0.6 is 0 Å². The minimum Gasteiger partial charge on any atom is -0.435 e. The number of aromatic amines is 1. The molecule has 2 aliphatic rings. The number of hydrogen-bond acceptors (Lipinski definition) is 4. The highest BCUT2D eigenvalue weighted by molar-refractivity contribution is 6.05. The van der Waals surface area contributed by atoms with Gasteiger partial charge in [-0.15, -0.1) is 0 Å². The van der Waals surface area contributed by atoms with Crippen molar-refractivity contribution in [2.75, 3.05) is 7.05 Å². The van der Waals surface area contributed by atoms with Crippen molar-refractivity contribution in [1.82, 2.24) is 20.4 Å². The molecule has 2 bridgehead atoms. The van der Waals surface area contributed by atoms with Crippen LogP contribution in [-0.2, 0) is 0 Å². The molecule has 134 valence electrons. The number of rotatable bonds is 4. The molecule has 8 heteroatoms. The summed E-state index contributed by atoms with van der Waals surface area (Å²) in [6, 6.07) is 5.57. The number of benzene rings is 1. The van der Waals surface area contributed by atoms with Crippen LogP contribution < -0.4 is 10.1 Å². The number of carbonyl (C=O) groups is 1. The smallest absolute Gasteiger partial charge is 0.387 e. The van der Waals surface area contributed by atoms with Crippen molar-refractivity contribution in [2.45, 2.75) is 50.4 Å². The van der Waals surface area contributed by atoms with Crippen molar-refractivity contribution in [3.05, 3.63) is 23.9 Å². The average Bonchev–Trinajstić information content (AvgIpc) is 3.04. The molecule has 2 aromatic rings. The van der Waals surface area contributed by atoms with E-state index in [-0.39, 0.29) is 23.4 Å². The monoisotopic (exact) mass is 350 g/mol. The van der Waals surface area contributed by atoms with Crippen LogP contribution in [0.4, 0.5) is 8.78 Å². The van der Waals surface area contributed by atoms with E-state index in [9.17, 15) is 13.6 Å². The van der Waals surface area contributed by atoms with Crippen LogP contribution in [0.5, 0.6) is 5.75 Å². The third-order valence-corrected chi connectivity index (χ3v) is 5.41. The Hall–Kier alpha value is -2.22. The summed E-state index contributed by atoms with van der Waals surface area (Å²) >= 11 is 0. The molecule has 3 heterocycles. The largest absolute Gasteiger partial charge is 0.435 e. The summed E-state index contributed by atoms with van der Waals surface area (Å²) in [5.74, 6) is -0.273.